The summed E-state index contributed by atoms with van der Waals surface area (Å²) in [6, 6.07) is 2.89. The summed E-state index contributed by atoms with van der Waals surface area (Å²) in [6.07, 6.45) is 4.04. The third-order valence-corrected chi connectivity index (χ3v) is 4.50. The first kappa shape index (κ1) is 14.1. The third-order valence-electron chi connectivity index (χ3n) is 4.50. The van der Waals surface area contributed by atoms with E-state index in [0.29, 0.717) is 18.4 Å². The Morgan fingerprint density at radius 3 is 2.42 bits per heavy atom. The minimum atomic E-state index is 0.465. The van der Waals surface area contributed by atoms with Crippen molar-refractivity contribution in [3.63, 3.8) is 0 Å². The Balaban J connectivity index is 1.94. The molecule has 2 rings (SSSR count). The average molecular weight is 261 g/mol. The molecule has 0 aromatic heterocycles. The van der Waals surface area contributed by atoms with E-state index in [-0.39, 0.29) is 0 Å². The van der Waals surface area contributed by atoms with E-state index in [0.717, 1.165) is 52.2 Å². The number of rotatable bonds is 3. The van der Waals surface area contributed by atoms with Crippen molar-refractivity contribution < 1.29 is 0 Å². The fourth-order valence-electron chi connectivity index (χ4n) is 3.33. The molecule has 0 aromatic carbocycles. The van der Waals surface area contributed by atoms with Gasteiger partial charge in [0.05, 0.1) is 6.07 Å². The Labute approximate surface area is 116 Å². The van der Waals surface area contributed by atoms with E-state index in [4.69, 9.17) is 10.5 Å². The van der Waals surface area contributed by atoms with Gasteiger partial charge in [-0.2, -0.15) is 10.5 Å². The monoisotopic (exact) mass is 261 g/mol. The molecule has 0 aromatic rings. The first-order valence-electron chi connectivity index (χ1n) is 7.26. The maximum absolute atomic E-state index is 9.04. The SMILES string of the molecule is CCN1CCC(N2CCN(C#N)CC2)C(CC#N)C1. The summed E-state index contributed by atoms with van der Waals surface area (Å²) in [5.41, 5.74) is 0. The van der Waals surface area contributed by atoms with Crippen molar-refractivity contribution in [2.24, 2.45) is 5.92 Å². The lowest BCUT2D eigenvalue weighted by Gasteiger charge is -2.45. The molecule has 0 bridgehead atoms. The summed E-state index contributed by atoms with van der Waals surface area (Å²) < 4.78 is 0. The second-order valence-corrected chi connectivity index (χ2v) is 5.49. The van der Waals surface area contributed by atoms with E-state index in [2.05, 4.69) is 29.0 Å². The number of hydrogen-bond donors (Lipinski definition) is 0. The summed E-state index contributed by atoms with van der Waals surface area (Å²) in [4.78, 5) is 6.78. The molecule has 2 aliphatic heterocycles. The fraction of sp³-hybridized carbons (Fsp3) is 0.857. The largest absolute Gasteiger partial charge is 0.308 e. The Kier molecular flexibility index (Phi) is 5.01. The van der Waals surface area contributed by atoms with E-state index in [9.17, 15) is 0 Å². The first-order valence-corrected chi connectivity index (χ1v) is 7.26. The minimum absolute atomic E-state index is 0.465. The number of nitrogens with zero attached hydrogens (tertiary/aromatic N) is 5. The van der Waals surface area contributed by atoms with E-state index < -0.39 is 0 Å². The van der Waals surface area contributed by atoms with Gasteiger partial charge in [0.1, 0.15) is 0 Å². The highest BCUT2D eigenvalue weighted by atomic mass is 15.3. The number of hydrogen-bond acceptors (Lipinski definition) is 5. The zero-order valence-electron chi connectivity index (χ0n) is 11.8. The van der Waals surface area contributed by atoms with Crippen LogP contribution in [0.15, 0.2) is 0 Å². The van der Waals surface area contributed by atoms with Gasteiger partial charge >= 0.3 is 0 Å². The van der Waals surface area contributed by atoms with Gasteiger partial charge in [0, 0.05) is 51.1 Å². The van der Waals surface area contributed by atoms with Crippen LogP contribution in [-0.4, -0.2) is 66.6 Å². The molecule has 5 nitrogen and oxygen atoms in total. The second kappa shape index (κ2) is 6.75. The van der Waals surface area contributed by atoms with E-state index in [1.54, 1.807) is 0 Å². The number of piperazine rings is 1. The summed E-state index contributed by atoms with van der Waals surface area (Å²) in [5.74, 6) is 0.465. The summed E-state index contributed by atoms with van der Waals surface area (Å²) >= 11 is 0. The van der Waals surface area contributed by atoms with Gasteiger partial charge in [-0.1, -0.05) is 6.92 Å². The Morgan fingerprint density at radius 1 is 1.11 bits per heavy atom. The predicted molar refractivity (Wildman–Crippen MR) is 73.0 cm³/mol. The van der Waals surface area contributed by atoms with Crippen molar-refractivity contribution in [2.75, 3.05) is 45.8 Å². The van der Waals surface area contributed by atoms with Gasteiger partial charge < -0.3 is 9.80 Å². The zero-order valence-corrected chi connectivity index (χ0v) is 11.8. The molecule has 0 saturated carbocycles. The van der Waals surface area contributed by atoms with E-state index >= 15 is 0 Å². The van der Waals surface area contributed by atoms with Crippen molar-refractivity contribution in [3.05, 3.63) is 0 Å². The lowest BCUT2D eigenvalue weighted by Crippen LogP contribution is -2.56. The maximum atomic E-state index is 9.04. The molecule has 2 heterocycles. The van der Waals surface area contributed by atoms with Crippen LogP contribution in [0.25, 0.3) is 0 Å². The van der Waals surface area contributed by atoms with Gasteiger partial charge in [-0.05, 0) is 19.5 Å². The normalized spacial score (nSPS) is 29.7. The molecule has 0 radical (unpaired) electrons. The average Bonchev–Trinajstić information content (AvgIpc) is 2.47. The molecule has 0 spiro atoms. The van der Waals surface area contributed by atoms with Crippen LogP contribution in [0.3, 0.4) is 0 Å². The maximum Gasteiger partial charge on any atom is 0.179 e. The molecule has 2 atom stereocenters. The van der Waals surface area contributed by atoms with Crippen LogP contribution in [0, 0.1) is 28.7 Å². The van der Waals surface area contributed by atoms with Crippen LogP contribution in [0.4, 0.5) is 0 Å². The van der Waals surface area contributed by atoms with Gasteiger partial charge in [0.15, 0.2) is 6.19 Å². The highest BCUT2D eigenvalue weighted by Crippen LogP contribution is 2.25. The van der Waals surface area contributed by atoms with E-state index in [1.165, 1.54) is 0 Å². The molecular weight excluding hydrogens is 238 g/mol. The number of nitriles is 2. The molecule has 19 heavy (non-hydrogen) atoms. The minimum Gasteiger partial charge on any atom is -0.308 e. The molecule has 0 N–H and O–H groups in total. The Bertz CT molecular complexity index is 361. The molecule has 0 amide bonds. The number of piperidine rings is 1. The van der Waals surface area contributed by atoms with Crippen LogP contribution in [-0.2, 0) is 0 Å². The topological polar surface area (TPSA) is 57.3 Å². The van der Waals surface area contributed by atoms with Crippen LogP contribution >= 0.6 is 0 Å². The molecule has 104 valence electrons. The molecule has 5 heteroatoms. The van der Waals surface area contributed by atoms with Crippen molar-refractivity contribution in [1.29, 1.82) is 10.5 Å². The fourth-order valence-corrected chi connectivity index (χ4v) is 3.33. The Morgan fingerprint density at radius 2 is 1.84 bits per heavy atom. The van der Waals surface area contributed by atoms with Crippen LogP contribution in [0.5, 0.6) is 0 Å². The number of likely N-dealkylation sites (tertiary alicyclic amines) is 1. The third kappa shape index (κ3) is 3.37. The standard InChI is InChI=1S/C14H23N5/c1-2-17-6-4-14(13(11-17)3-5-15)19-9-7-18(12-16)8-10-19/h13-14H,2-4,6-11H2,1H3. The van der Waals surface area contributed by atoms with Crippen LogP contribution in [0.2, 0.25) is 0 Å². The van der Waals surface area contributed by atoms with E-state index in [1.807, 2.05) is 4.90 Å². The summed E-state index contributed by atoms with van der Waals surface area (Å²) in [7, 11) is 0. The molecule has 2 fully saturated rings. The highest BCUT2D eigenvalue weighted by molar-refractivity contribution is 4.94. The van der Waals surface area contributed by atoms with Gasteiger partial charge in [0.2, 0.25) is 0 Å². The van der Waals surface area contributed by atoms with Crippen molar-refractivity contribution >= 4 is 0 Å². The van der Waals surface area contributed by atoms with Crippen LogP contribution < -0.4 is 0 Å². The zero-order chi connectivity index (χ0) is 13.7. The quantitative estimate of drug-likeness (QED) is 0.700. The molecule has 2 aliphatic rings. The Hall–Kier alpha value is -1.30. The van der Waals surface area contributed by atoms with Crippen molar-refractivity contribution in [2.45, 2.75) is 25.8 Å². The smallest absolute Gasteiger partial charge is 0.179 e. The van der Waals surface area contributed by atoms with Gasteiger partial charge in [0.25, 0.3) is 0 Å². The molecule has 2 unspecified atom stereocenters. The second-order valence-electron chi connectivity index (χ2n) is 5.49. The first-order chi connectivity index (χ1) is 9.28. The predicted octanol–water partition coefficient (Wildman–Crippen LogP) is 0.709. The lowest BCUT2D eigenvalue weighted by atomic mass is 9.88. The molecular formula is C14H23N5. The van der Waals surface area contributed by atoms with Gasteiger partial charge in [-0.15, -0.1) is 0 Å². The van der Waals surface area contributed by atoms with Gasteiger partial charge in [-0.3, -0.25) is 4.90 Å². The highest BCUT2D eigenvalue weighted by Gasteiger charge is 2.33. The molecule has 0 aliphatic carbocycles. The van der Waals surface area contributed by atoms with Crippen LogP contribution in [0.1, 0.15) is 19.8 Å². The molecule has 2 saturated heterocycles. The van der Waals surface area contributed by atoms with Gasteiger partial charge in [-0.25, -0.2) is 0 Å². The van der Waals surface area contributed by atoms with Crippen molar-refractivity contribution in [1.82, 2.24) is 14.7 Å². The summed E-state index contributed by atoms with van der Waals surface area (Å²) in [5, 5.41) is 17.9. The summed E-state index contributed by atoms with van der Waals surface area (Å²) in [6.45, 7) is 9.06. The van der Waals surface area contributed by atoms with Crippen molar-refractivity contribution in [3.8, 4) is 12.3 Å². The lowest BCUT2D eigenvalue weighted by molar-refractivity contribution is 0.0369.